The number of hydrogen-bond acceptors (Lipinski definition) is 3. The minimum atomic E-state index is -1.23. The van der Waals surface area contributed by atoms with Gasteiger partial charge in [-0.15, -0.1) is 0 Å². The average molecular weight is 398 g/mol. The Labute approximate surface area is 170 Å². The van der Waals surface area contributed by atoms with E-state index in [9.17, 15) is 18.8 Å². The molecule has 6 heteroatoms. The largest absolute Gasteiger partial charge is 0.325 e. The molecule has 1 N–H and O–H groups in total. The first-order valence-electron chi connectivity index (χ1n) is 10.8. The van der Waals surface area contributed by atoms with E-state index in [1.165, 1.54) is 43.5 Å². The molecule has 4 bridgehead atoms. The lowest BCUT2D eigenvalue weighted by molar-refractivity contribution is -0.147. The van der Waals surface area contributed by atoms with E-state index >= 15 is 0 Å². The highest BCUT2D eigenvalue weighted by atomic mass is 19.1. The second kappa shape index (κ2) is 6.38. The molecular formula is C23H27FN2O3. The zero-order chi connectivity index (χ0) is 20.4. The van der Waals surface area contributed by atoms with Crippen LogP contribution in [0.1, 0.15) is 57.4 Å². The number of rotatable bonds is 5. The van der Waals surface area contributed by atoms with Gasteiger partial charge >= 0.3 is 6.03 Å². The number of nitrogens with zero attached hydrogens (tertiary/aromatic N) is 1. The van der Waals surface area contributed by atoms with Gasteiger partial charge in [-0.05, 0) is 80.4 Å². The van der Waals surface area contributed by atoms with E-state index in [-0.39, 0.29) is 17.7 Å². The standard InChI is InChI=1S/C23H27FN2O3/c1-2-23(17-3-5-18(24)6-4-17)20(28)26(21(29)25-23)13-19(27)22-10-14-7-15(11-22)9-16(8-14)12-22/h3-6,14-16H,2,7-13H2,1H3,(H,25,29)/t14?,15?,16?,22?,23-/m0/s1. The molecule has 0 spiro atoms. The number of benzene rings is 1. The fraction of sp³-hybridized carbons (Fsp3) is 0.609. The van der Waals surface area contributed by atoms with E-state index in [1.54, 1.807) is 0 Å². The minimum absolute atomic E-state index is 0.0473. The summed E-state index contributed by atoms with van der Waals surface area (Å²) in [5.74, 6) is 1.12. The second-order valence-electron chi connectivity index (χ2n) is 9.71. The summed E-state index contributed by atoms with van der Waals surface area (Å²) in [4.78, 5) is 40.5. The number of Topliss-reactive ketones (excluding diaryl/α,β-unsaturated/α-hetero) is 1. The molecule has 0 radical (unpaired) electrons. The highest BCUT2D eigenvalue weighted by Gasteiger charge is 2.57. The van der Waals surface area contributed by atoms with Crippen LogP contribution in [0.25, 0.3) is 0 Å². The topological polar surface area (TPSA) is 66.5 Å². The van der Waals surface area contributed by atoms with E-state index < -0.39 is 23.3 Å². The van der Waals surface area contributed by atoms with Crippen molar-refractivity contribution in [3.63, 3.8) is 0 Å². The number of carbonyl (C=O) groups excluding carboxylic acids is 3. The van der Waals surface area contributed by atoms with E-state index in [0.29, 0.717) is 29.7 Å². The van der Waals surface area contributed by atoms with Crippen molar-refractivity contribution in [2.24, 2.45) is 23.2 Å². The normalized spacial score (nSPS) is 37.9. The van der Waals surface area contributed by atoms with E-state index in [1.807, 2.05) is 6.92 Å². The molecule has 6 rings (SSSR count). The maximum atomic E-state index is 13.4. The summed E-state index contributed by atoms with van der Waals surface area (Å²) < 4.78 is 13.4. The Hall–Kier alpha value is -2.24. The Kier molecular flexibility index (Phi) is 4.13. The van der Waals surface area contributed by atoms with Crippen molar-refractivity contribution in [1.29, 1.82) is 0 Å². The number of hydrogen-bond donors (Lipinski definition) is 1. The quantitative estimate of drug-likeness (QED) is 0.768. The molecule has 1 saturated heterocycles. The van der Waals surface area contributed by atoms with Crippen molar-refractivity contribution in [2.45, 2.75) is 57.4 Å². The molecule has 29 heavy (non-hydrogen) atoms. The van der Waals surface area contributed by atoms with Crippen LogP contribution in [-0.4, -0.2) is 29.2 Å². The summed E-state index contributed by atoms with van der Waals surface area (Å²) in [6.07, 6.45) is 6.79. The third-order valence-electron chi connectivity index (χ3n) is 7.97. The van der Waals surface area contributed by atoms with Crippen molar-refractivity contribution < 1.29 is 18.8 Å². The Morgan fingerprint density at radius 2 is 1.62 bits per heavy atom. The molecule has 4 aliphatic carbocycles. The Morgan fingerprint density at radius 3 is 2.14 bits per heavy atom. The van der Waals surface area contributed by atoms with Crippen molar-refractivity contribution in [3.8, 4) is 0 Å². The van der Waals surface area contributed by atoms with Crippen molar-refractivity contribution in [3.05, 3.63) is 35.6 Å². The lowest BCUT2D eigenvalue weighted by Gasteiger charge is -2.56. The summed E-state index contributed by atoms with van der Waals surface area (Å²) in [6, 6.07) is 5.10. The maximum absolute atomic E-state index is 13.4. The number of urea groups is 1. The summed E-state index contributed by atoms with van der Waals surface area (Å²) in [6.45, 7) is 1.66. The number of amides is 3. The summed E-state index contributed by atoms with van der Waals surface area (Å²) in [7, 11) is 0. The van der Waals surface area contributed by atoms with E-state index in [2.05, 4.69) is 5.32 Å². The predicted octanol–water partition coefficient (Wildman–Crippen LogP) is 3.77. The first-order valence-corrected chi connectivity index (χ1v) is 10.8. The molecule has 1 aromatic carbocycles. The fourth-order valence-corrected chi connectivity index (χ4v) is 6.91. The molecule has 1 heterocycles. The van der Waals surface area contributed by atoms with Crippen LogP contribution < -0.4 is 5.32 Å². The van der Waals surface area contributed by atoms with Crippen LogP contribution in [0.15, 0.2) is 24.3 Å². The summed E-state index contributed by atoms with van der Waals surface area (Å²) in [5.41, 5.74) is -1.03. The lowest BCUT2D eigenvalue weighted by Crippen LogP contribution is -2.53. The second-order valence-corrected chi connectivity index (χ2v) is 9.71. The first-order chi connectivity index (χ1) is 13.8. The van der Waals surface area contributed by atoms with Crippen LogP contribution >= 0.6 is 0 Å². The van der Waals surface area contributed by atoms with Crippen LogP contribution in [0, 0.1) is 29.0 Å². The van der Waals surface area contributed by atoms with Gasteiger partial charge in [-0.3, -0.25) is 14.5 Å². The molecule has 4 saturated carbocycles. The van der Waals surface area contributed by atoms with Gasteiger partial charge in [0.05, 0.1) is 6.54 Å². The summed E-state index contributed by atoms with van der Waals surface area (Å²) in [5, 5.41) is 2.79. The molecular weight excluding hydrogens is 371 g/mol. The predicted molar refractivity (Wildman–Crippen MR) is 104 cm³/mol. The molecule has 0 unspecified atom stereocenters. The van der Waals surface area contributed by atoms with E-state index in [4.69, 9.17) is 0 Å². The van der Waals surface area contributed by atoms with Crippen LogP contribution in [0.4, 0.5) is 9.18 Å². The molecule has 5 fully saturated rings. The molecule has 1 aliphatic heterocycles. The van der Waals surface area contributed by atoms with Gasteiger partial charge in [-0.25, -0.2) is 9.18 Å². The molecule has 0 aromatic heterocycles. The van der Waals surface area contributed by atoms with Crippen LogP contribution in [0.2, 0.25) is 0 Å². The maximum Gasteiger partial charge on any atom is 0.325 e. The van der Waals surface area contributed by atoms with Crippen LogP contribution in [-0.2, 0) is 15.1 Å². The van der Waals surface area contributed by atoms with Gasteiger partial charge in [0, 0.05) is 5.41 Å². The van der Waals surface area contributed by atoms with Gasteiger partial charge in [-0.2, -0.15) is 0 Å². The molecule has 5 nitrogen and oxygen atoms in total. The fourth-order valence-electron chi connectivity index (χ4n) is 6.91. The van der Waals surface area contributed by atoms with Gasteiger partial charge < -0.3 is 5.32 Å². The molecule has 3 amide bonds. The van der Waals surface area contributed by atoms with Crippen molar-refractivity contribution in [2.75, 3.05) is 6.54 Å². The SMILES string of the molecule is CC[C@@]1(c2ccc(F)cc2)NC(=O)N(CC(=O)C23CC4CC(CC(C4)C2)C3)C1=O. The zero-order valence-electron chi connectivity index (χ0n) is 16.7. The molecule has 1 aromatic rings. The third kappa shape index (κ3) is 2.75. The Morgan fingerprint density at radius 1 is 1.07 bits per heavy atom. The Bertz CT molecular complexity index is 845. The smallest absolute Gasteiger partial charge is 0.319 e. The van der Waals surface area contributed by atoms with Crippen molar-refractivity contribution >= 4 is 17.7 Å². The number of halogens is 1. The van der Waals surface area contributed by atoms with Gasteiger partial charge in [0.15, 0.2) is 5.78 Å². The first kappa shape index (κ1) is 18.8. The van der Waals surface area contributed by atoms with Gasteiger partial charge in [0.1, 0.15) is 11.4 Å². The third-order valence-corrected chi connectivity index (χ3v) is 7.97. The van der Waals surface area contributed by atoms with Crippen molar-refractivity contribution in [1.82, 2.24) is 10.2 Å². The minimum Gasteiger partial charge on any atom is -0.319 e. The van der Waals surface area contributed by atoms with Gasteiger partial charge in [-0.1, -0.05) is 19.1 Å². The zero-order valence-corrected chi connectivity index (χ0v) is 16.7. The van der Waals surface area contributed by atoms with Crippen LogP contribution in [0.5, 0.6) is 0 Å². The molecule has 1 atom stereocenters. The van der Waals surface area contributed by atoms with Gasteiger partial charge in [0.25, 0.3) is 5.91 Å². The number of ketones is 1. The highest BCUT2D eigenvalue weighted by molar-refractivity contribution is 6.10. The molecule has 5 aliphatic rings. The number of carbonyl (C=O) groups is 3. The average Bonchev–Trinajstić information content (AvgIpc) is 2.92. The van der Waals surface area contributed by atoms with E-state index in [0.717, 1.165) is 24.2 Å². The number of imide groups is 1. The Balaban J connectivity index is 1.39. The lowest BCUT2D eigenvalue weighted by atomic mass is 9.48. The van der Waals surface area contributed by atoms with Gasteiger partial charge in [0.2, 0.25) is 0 Å². The number of nitrogens with one attached hydrogen (secondary N) is 1. The highest BCUT2D eigenvalue weighted by Crippen LogP contribution is 2.60. The summed E-state index contributed by atoms with van der Waals surface area (Å²) >= 11 is 0. The monoisotopic (exact) mass is 398 g/mol. The molecule has 154 valence electrons. The van der Waals surface area contributed by atoms with Crippen LogP contribution in [0.3, 0.4) is 0 Å².